The third kappa shape index (κ3) is 2.16. The third-order valence-electron chi connectivity index (χ3n) is 4.15. The van der Waals surface area contributed by atoms with Crippen molar-refractivity contribution in [3.8, 4) is 0 Å². The van der Waals surface area contributed by atoms with Crippen LogP contribution in [0.5, 0.6) is 0 Å². The van der Waals surface area contributed by atoms with Gasteiger partial charge in [-0.25, -0.2) is 0 Å². The average molecular weight is 279 g/mol. The second-order valence-electron chi connectivity index (χ2n) is 6.22. The molecule has 1 aromatic rings. The van der Waals surface area contributed by atoms with Crippen LogP contribution in [0.2, 0.25) is 0 Å². The molecule has 3 rings (SSSR count). The molecule has 2 fully saturated rings. The fraction of sp³-hybridized carbons (Fsp3) is 0.600. The number of ether oxygens (including phenoxy) is 2. The lowest BCUT2D eigenvalue weighted by Gasteiger charge is -2.37. The summed E-state index contributed by atoms with van der Waals surface area (Å²) in [5, 5.41) is 22.2. The first kappa shape index (κ1) is 14.0. The molecule has 0 saturated carbocycles. The highest BCUT2D eigenvalue weighted by Crippen LogP contribution is 2.42. The normalized spacial score (nSPS) is 35.8. The van der Waals surface area contributed by atoms with E-state index in [-0.39, 0.29) is 12.2 Å². The van der Waals surface area contributed by atoms with Crippen molar-refractivity contribution >= 4 is 0 Å². The van der Waals surface area contributed by atoms with Crippen LogP contribution in [0, 0.1) is 0 Å². The molecule has 1 aromatic carbocycles. The smallest absolute Gasteiger partial charge is 0.163 e. The quantitative estimate of drug-likeness (QED) is 0.859. The minimum Gasteiger partial charge on any atom is -0.384 e. The van der Waals surface area contributed by atoms with Gasteiger partial charge in [-0.05, 0) is 26.3 Å². The Hall–Kier alpha value is -0.980. The van der Waals surface area contributed by atoms with Gasteiger partial charge in [-0.3, -0.25) is 0 Å². The molecule has 4 atom stereocenters. The van der Waals surface area contributed by atoms with E-state index in [1.54, 1.807) is 6.92 Å². The van der Waals surface area contributed by atoms with Crippen molar-refractivity contribution in [2.45, 2.75) is 50.4 Å². The molecule has 2 aliphatic rings. The van der Waals surface area contributed by atoms with Gasteiger partial charge < -0.3 is 19.8 Å². The van der Waals surface area contributed by atoms with Gasteiger partial charge in [0.1, 0.15) is 17.8 Å². The summed E-state index contributed by atoms with van der Waals surface area (Å²) in [6, 6.07) is 8.77. The molecular formula is C15H21NO4. The van der Waals surface area contributed by atoms with Crippen molar-refractivity contribution in [1.82, 2.24) is 5.06 Å². The van der Waals surface area contributed by atoms with Gasteiger partial charge in [0.15, 0.2) is 5.79 Å². The Morgan fingerprint density at radius 2 is 1.90 bits per heavy atom. The molecule has 2 heterocycles. The minimum absolute atomic E-state index is 0.227. The van der Waals surface area contributed by atoms with E-state index in [2.05, 4.69) is 0 Å². The van der Waals surface area contributed by atoms with Crippen LogP contribution < -0.4 is 0 Å². The minimum atomic E-state index is -1.22. The molecule has 5 nitrogen and oxygen atoms in total. The number of nitrogens with zero attached hydrogens (tertiary/aromatic N) is 1. The Kier molecular flexibility index (Phi) is 3.15. The Bertz CT molecular complexity index is 488. The lowest BCUT2D eigenvalue weighted by molar-refractivity contribution is -0.226. The zero-order chi connectivity index (χ0) is 14.5. The first-order chi connectivity index (χ1) is 9.31. The summed E-state index contributed by atoms with van der Waals surface area (Å²) in [5.41, 5.74) is -0.475. The second kappa shape index (κ2) is 4.51. The summed E-state index contributed by atoms with van der Waals surface area (Å²) in [7, 11) is 0. The van der Waals surface area contributed by atoms with Crippen LogP contribution >= 0.6 is 0 Å². The van der Waals surface area contributed by atoms with Crippen LogP contribution in [-0.2, 0) is 15.1 Å². The molecule has 0 amide bonds. The van der Waals surface area contributed by atoms with E-state index in [1.165, 1.54) is 0 Å². The predicted octanol–water partition coefficient (Wildman–Crippen LogP) is 1.49. The third-order valence-corrected chi connectivity index (χ3v) is 4.15. The van der Waals surface area contributed by atoms with Gasteiger partial charge in [-0.15, -0.1) is 0 Å². The Morgan fingerprint density at radius 1 is 1.25 bits per heavy atom. The first-order valence-corrected chi connectivity index (χ1v) is 6.90. The van der Waals surface area contributed by atoms with E-state index in [4.69, 9.17) is 9.47 Å². The maximum atomic E-state index is 10.9. The molecule has 2 N–H and O–H groups in total. The largest absolute Gasteiger partial charge is 0.384 e. The van der Waals surface area contributed by atoms with Crippen LogP contribution in [0.25, 0.3) is 0 Å². The number of hydrogen-bond acceptors (Lipinski definition) is 5. The zero-order valence-electron chi connectivity index (χ0n) is 12.0. The number of hydrogen-bond donors (Lipinski definition) is 2. The highest BCUT2D eigenvalue weighted by Gasteiger charge is 2.58. The molecule has 0 unspecified atom stereocenters. The number of fused-ring (bicyclic) bond motifs is 1. The average Bonchev–Trinajstić information content (AvgIpc) is 2.80. The van der Waals surface area contributed by atoms with Gasteiger partial charge in [0.05, 0.1) is 12.6 Å². The van der Waals surface area contributed by atoms with Gasteiger partial charge in [-0.1, -0.05) is 30.3 Å². The molecule has 0 spiro atoms. The lowest BCUT2D eigenvalue weighted by Crippen LogP contribution is -2.51. The highest BCUT2D eigenvalue weighted by molar-refractivity contribution is 5.25. The molecule has 0 aliphatic carbocycles. The van der Waals surface area contributed by atoms with Crippen LogP contribution in [0.4, 0.5) is 0 Å². The number of benzene rings is 1. The van der Waals surface area contributed by atoms with E-state index in [9.17, 15) is 10.3 Å². The predicted molar refractivity (Wildman–Crippen MR) is 72.1 cm³/mol. The summed E-state index contributed by atoms with van der Waals surface area (Å²) in [6.07, 6.45) is -0.583. The fourth-order valence-electron chi connectivity index (χ4n) is 3.30. The highest BCUT2D eigenvalue weighted by atomic mass is 16.8. The summed E-state index contributed by atoms with van der Waals surface area (Å²) in [5.74, 6) is -0.679. The van der Waals surface area contributed by atoms with Crippen molar-refractivity contribution < 1.29 is 19.8 Å². The van der Waals surface area contributed by atoms with Crippen LogP contribution in [0.15, 0.2) is 30.3 Å². The van der Waals surface area contributed by atoms with Gasteiger partial charge in [0.2, 0.25) is 0 Å². The van der Waals surface area contributed by atoms with E-state index >= 15 is 0 Å². The Morgan fingerprint density at radius 3 is 2.55 bits per heavy atom. The Labute approximate surface area is 118 Å². The molecule has 110 valence electrons. The van der Waals surface area contributed by atoms with Crippen LogP contribution in [-0.4, -0.2) is 46.0 Å². The van der Waals surface area contributed by atoms with Gasteiger partial charge in [0.25, 0.3) is 0 Å². The number of hydroxylamine groups is 2. The molecule has 0 aromatic heterocycles. The summed E-state index contributed by atoms with van der Waals surface area (Å²) in [4.78, 5) is 0. The maximum Gasteiger partial charge on any atom is 0.163 e. The van der Waals surface area contributed by atoms with Crippen LogP contribution in [0.3, 0.4) is 0 Å². The van der Waals surface area contributed by atoms with Crippen molar-refractivity contribution in [3.63, 3.8) is 0 Å². The van der Waals surface area contributed by atoms with Gasteiger partial charge >= 0.3 is 0 Å². The molecule has 5 heteroatoms. The standard InChI is InChI=1S/C15H21NO4/c1-14(2)19-11-9-16(18)13(12(11)20-14)15(3,17)10-7-5-4-6-8-10/h4-8,11-13,17-18H,9H2,1-3H3/t11-,12-,13-,15+/m1/s1. The molecule has 0 bridgehead atoms. The summed E-state index contributed by atoms with van der Waals surface area (Å²) in [6.45, 7) is 5.73. The summed E-state index contributed by atoms with van der Waals surface area (Å²) >= 11 is 0. The number of rotatable bonds is 2. The van der Waals surface area contributed by atoms with E-state index in [0.29, 0.717) is 6.54 Å². The molecule has 2 aliphatic heterocycles. The second-order valence-corrected chi connectivity index (χ2v) is 6.22. The molecular weight excluding hydrogens is 258 g/mol. The molecule has 2 saturated heterocycles. The summed E-state index contributed by atoms with van der Waals surface area (Å²) < 4.78 is 11.6. The van der Waals surface area contributed by atoms with Gasteiger partial charge in [0, 0.05) is 0 Å². The maximum absolute atomic E-state index is 10.9. The van der Waals surface area contributed by atoms with Crippen molar-refractivity contribution in [1.29, 1.82) is 0 Å². The van der Waals surface area contributed by atoms with E-state index in [1.807, 2.05) is 44.2 Å². The van der Waals surface area contributed by atoms with E-state index in [0.717, 1.165) is 10.6 Å². The topological polar surface area (TPSA) is 62.2 Å². The monoisotopic (exact) mass is 279 g/mol. The van der Waals surface area contributed by atoms with Gasteiger partial charge in [-0.2, -0.15) is 5.06 Å². The zero-order valence-corrected chi connectivity index (χ0v) is 12.0. The molecule has 0 radical (unpaired) electrons. The molecule has 20 heavy (non-hydrogen) atoms. The van der Waals surface area contributed by atoms with Crippen molar-refractivity contribution in [2.24, 2.45) is 0 Å². The SMILES string of the molecule is CC1(C)O[C@@H]2[C@@H](CN(O)[C@H]2[C@@](C)(O)c2ccccc2)O1. The Balaban J connectivity index is 1.92. The number of aliphatic hydroxyl groups is 1. The van der Waals surface area contributed by atoms with Crippen molar-refractivity contribution in [2.75, 3.05) is 6.54 Å². The van der Waals surface area contributed by atoms with Crippen molar-refractivity contribution in [3.05, 3.63) is 35.9 Å². The fourth-order valence-corrected chi connectivity index (χ4v) is 3.30. The lowest BCUT2D eigenvalue weighted by atomic mass is 9.85. The van der Waals surface area contributed by atoms with Crippen LogP contribution in [0.1, 0.15) is 26.3 Å². The van der Waals surface area contributed by atoms with E-state index < -0.39 is 17.4 Å². The first-order valence-electron chi connectivity index (χ1n) is 6.90.